The van der Waals surface area contributed by atoms with Gasteiger partial charge in [0.25, 0.3) is 0 Å². The summed E-state index contributed by atoms with van der Waals surface area (Å²) >= 11 is 0. The van der Waals surface area contributed by atoms with E-state index in [4.69, 9.17) is 0 Å². The van der Waals surface area contributed by atoms with Gasteiger partial charge in [-0.3, -0.25) is 4.79 Å². The Hall–Kier alpha value is -1.42. The highest BCUT2D eigenvalue weighted by molar-refractivity contribution is 5.77. The number of aromatic nitrogens is 1. The van der Waals surface area contributed by atoms with Gasteiger partial charge in [0.2, 0.25) is 5.91 Å². The lowest BCUT2D eigenvalue weighted by Crippen LogP contribution is -2.26. The van der Waals surface area contributed by atoms with Crippen molar-refractivity contribution in [1.29, 1.82) is 0 Å². The maximum atomic E-state index is 11.0. The summed E-state index contributed by atoms with van der Waals surface area (Å²) in [5, 5.41) is 2.72. The fraction of sp³-hybridized carbons (Fsp3) is 0.333. The number of H-pyrrole nitrogens is 1. The second-order valence-corrected chi connectivity index (χ2v) is 2.62. The molecule has 1 aromatic rings. The third kappa shape index (κ3) is 3.66. The fourth-order valence-electron chi connectivity index (χ4n) is 0.923. The number of pyridine rings is 1. The lowest BCUT2D eigenvalue weighted by Gasteiger charge is -2.01. The minimum atomic E-state index is -0.105. The molecule has 0 saturated carbocycles. The van der Waals surface area contributed by atoms with Crippen LogP contribution in [0.5, 0.6) is 0 Å². The van der Waals surface area contributed by atoms with Gasteiger partial charge in [-0.2, -0.15) is 0 Å². The summed E-state index contributed by atoms with van der Waals surface area (Å²) in [5.41, 5.74) is 1.03. The Kier molecular flexibility index (Phi) is 3.92. The smallest absolute Gasteiger partial charge is 0.246 e. The highest BCUT2D eigenvalue weighted by atomic mass is 16.5. The van der Waals surface area contributed by atoms with Gasteiger partial charge in [0, 0.05) is 25.3 Å². The Labute approximate surface area is 76.9 Å². The lowest BCUT2D eigenvalue weighted by atomic mass is 10.3. The first-order chi connectivity index (χ1) is 6.33. The first-order valence-electron chi connectivity index (χ1n) is 4.03. The zero-order chi connectivity index (χ0) is 9.52. The minimum Gasteiger partial charge on any atom is -0.375 e. The molecule has 0 spiro atoms. The van der Waals surface area contributed by atoms with Gasteiger partial charge in [-0.15, -0.1) is 0 Å². The van der Waals surface area contributed by atoms with Crippen molar-refractivity contribution in [2.75, 3.05) is 13.7 Å². The fourth-order valence-corrected chi connectivity index (χ4v) is 0.923. The highest BCUT2D eigenvalue weighted by Crippen LogP contribution is 1.91. The monoisotopic (exact) mass is 181 g/mol. The van der Waals surface area contributed by atoms with Crippen molar-refractivity contribution in [2.24, 2.45) is 0 Å². The third-order valence-corrected chi connectivity index (χ3v) is 1.54. The van der Waals surface area contributed by atoms with E-state index in [2.05, 4.69) is 15.0 Å². The average molecular weight is 181 g/mol. The molecule has 70 valence electrons. The molecule has 2 N–H and O–H groups in total. The number of methoxy groups -OCH3 is 1. The summed E-state index contributed by atoms with van der Waals surface area (Å²) in [6, 6.07) is 3.82. The van der Waals surface area contributed by atoms with Crippen LogP contribution in [0.25, 0.3) is 0 Å². The van der Waals surface area contributed by atoms with Crippen molar-refractivity contribution >= 4 is 5.91 Å². The van der Waals surface area contributed by atoms with Gasteiger partial charge in [-0.05, 0) is 6.07 Å². The number of hydrogen-bond donors (Lipinski definition) is 1. The lowest BCUT2D eigenvalue weighted by molar-refractivity contribution is -0.378. The summed E-state index contributed by atoms with van der Waals surface area (Å²) in [7, 11) is 1.50. The van der Waals surface area contributed by atoms with Crippen molar-refractivity contribution in [1.82, 2.24) is 5.32 Å². The van der Waals surface area contributed by atoms with E-state index in [9.17, 15) is 4.79 Å². The first-order valence-corrected chi connectivity index (χ1v) is 4.03. The van der Waals surface area contributed by atoms with Gasteiger partial charge in [0.15, 0.2) is 12.4 Å². The maximum absolute atomic E-state index is 11.0. The molecule has 0 unspecified atom stereocenters. The van der Waals surface area contributed by atoms with Crippen LogP contribution in [0.2, 0.25) is 0 Å². The van der Waals surface area contributed by atoms with Crippen molar-refractivity contribution in [2.45, 2.75) is 6.54 Å². The zero-order valence-electron chi connectivity index (χ0n) is 7.54. The molecule has 4 nitrogen and oxygen atoms in total. The number of ether oxygens (including phenoxy) is 1. The second kappa shape index (κ2) is 5.27. The Morgan fingerprint density at radius 1 is 1.69 bits per heavy atom. The number of hydrogen-bond acceptors (Lipinski definition) is 2. The van der Waals surface area contributed by atoms with E-state index in [1.165, 1.54) is 7.11 Å². The van der Waals surface area contributed by atoms with Crippen LogP contribution in [0.4, 0.5) is 0 Å². The Morgan fingerprint density at radius 3 is 3.15 bits per heavy atom. The number of carbonyl (C=O) groups excluding carboxylic acids is 1. The van der Waals surface area contributed by atoms with Crippen LogP contribution in [0.1, 0.15) is 5.56 Å². The molecular weight excluding hydrogens is 168 g/mol. The molecule has 1 amide bonds. The molecule has 13 heavy (non-hydrogen) atoms. The molecule has 1 rings (SSSR count). The van der Waals surface area contributed by atoms with Crippen LogP contribution < -0.4 is 10.3 Å². The highest BCUT2D eigenvalue weighted by Gasteiger charge is 2.00. The van der Waals surface area contributed by atoms with E-state index in [0.29, 0.717) is 6.54 Å². The van der Waals surface area contributed by atoms with Gasteiger partial charge >= 0.3 is 0 Å². The number of carbonyl (C=O) groups is 1. The summed E-state index contributed by atoms with van der Waals surface area (Å²) in [6.45, 7) is 0.635. The SMILES string of the molecule is COCC(=O)NCc1ccc[nH+]c1. The molecule has 0 fully saturated rings. The van der Waals surface area contributed by atoms with Gasteiger partial charge in [-0.25, -0.2) is 4.98 Å². The van der Waals surface area contributed by atoms with Crippen LogP contribution in [0, 0.1) is 0 Å². The number of amides is 1. The van der Waals surface area contributed by atoms with Gasteiger partial charge in [-0.1, -0.05) is 0 Å². The molecule has 0 bridgehead atoms. The normalized spacial score (nSPS) is 9.62. The van der Waals surface area contributed by atoms with Crippen molar-refractivity contribution < 1.29 is 14.5 Å². The van der Waals surface area contributed by atoms with Crippen LogP contribution in [0.15, 0.2) is 24.5 Å². The molecule has 1 aromatic heterocycles. The largest absolute Gasteiger partial charge is 0.375 e. The minimum absolute atomic E-state index is 0.105. The summed E-state index contributed by atoms with van der Waals surface area (Å²) < 4.78 is 4.67. The van der Waals surface area contributed by atoms with Gasteiger partial charge < -0.3 is 10.1 Å². The second-order valence-electron chi connectivity index (χ2n) is 2.62. The van der Waals surface area contributed by atoms with E-state index in [0.717, 1.165) is 5.56 Å². The predicted octanol–water partition coefficient (Wildman–Crippen LogP) is -0.237. The Bertz CT molecular complexity index is 262. The molecular formula is C9H13N2O2+. The molecule has 1 heterocycles. The van der Waals surface area contributed by atoms with E-state index in [-0.39, 0.29) is 12.5 Å². The topological polar surface area (TPSA) is 52.5 Å². The van der Waals surface area contributed by atoms with Crippen molar-refractivity contribution in [3.05, 3.63) is 30.1 Å². The summed E-state index contributed by atoms with van der Waals surface area (Å²) in [5.74, 6) is -0.105. The van der Waals surface area contributed by atoms with Crippen LogP contribution in [-0.4, -0.2) is 19.6 Å². The molecule has 0 radical (unpaired) electrons. The standard InChI is InChI=1S/C9H12N2O2/c1-13-7-9(12)11-6-8-3-2-4-10-5-8/h2-5H,6-7H2,1H3,(H,11,12)/p+1. The number of nitrogens with one attached hydrogen (secondary N) is 2. The summed E-state index contributed by atoms with van der Waals surface area (Å²) in [4.78, 5) is 13.9. The summed E-state index contributed by atoms with van der Waals surface area (Å²) in [6.07, 6.45) is 3.66. The van der Waals surface area contributed by atoms with Gasteiger partial charge in [0.1, 0.15) is 6.61 Å². The average Bonchev–Trinajstić information content (AvgIpc) is 2.17. The van der Waals surface area contributed by atoms with Crippen LogP contribution in [-0.2, 0) is 16.1 Å². The Balaban J connectivity index is 2.31. The van der Waals surface area contributed by atoms with E-state index in [1.54, 1.807) is 0 Å². The molecule has 0 saturated heterocycles. The predicted molar refractivity (Wildman–Crippen MR) is 46.7 cm³/mol. The van der Waals surface area contributed by atoms with E-state index < -0.39 is 0 Å². The van der Waals surface area contributed by atoms with Gasteiger partial charge in [0.05, 0.1) is 0 Å². The maximum Gasteiger partial charge on any atom is 0.246 e. The molecule has 0 aliphatic heterocycles. The molecule has 4 heteroatoms. The Morgan fingerprint density at radius 2 is 2.54 bits per heavy atom. The molecule has 0 aliphatic rings. The quantitative estimate of drug-likeness (QED) is 0.697. The number of rotatable bonds is 4. The van der Waals surface area contributed by atoms with Crippen molar-refractivity contribution in [3.8, 4) is 0 Å². The van der Waals surface area contributed by atoms with Crippen LogP contribution in [0.3, 0.4) is 0 Å². The van der Waals surface area contributed by atoms with E-state index >= 15 is 0 Å². The first kappa shape index (κ1) is 9.67. The number of aromatic amines is 1. The molecule has 0 aromatic carbocycles. The third-order valence-electron chi connectivity index (χ3n) is 1.54. The van der Waals surface area contributed by atoms with Crippen LogP contribution >= 0.6 is 0 Å². The van der Waals surface area contributed by atoms with Crippen molar-refractivity contribution in [3.63, 3.8) is 0 Å². The van der Waals surface area contributed by atoms with E-state index in [1.807, 2.05) is 24.5 Å². The zero-order valence-corrected chi connectivity index (χ0v) is 7.54. The molecule has 0 aliphatic carbocycles. The molecule has 0 atom stereocenters.